The van der Waals surface area contributed by atoms with Crippen LogP contribution in [0.3, 0.4) is 0 Å². The molecule has 0 bridgehead atoms. The van der Waals surface area contributed by atoms with Crippen molar-refractivity contribution in [2.45, 2.75) is 11.4 Å². The summed E-state index contributed by atoms with van der Waals surface area (Å²) >= 11 is 0. The molecule has 0 saturated carbocycles. The van der Waals surface area contributed by atoms with Crippen LogP contribution >= 0.6 is 0 Å². The van der Waals surface area contributed by atoms with Gasteiger partial charge in [0, 0.05) is 6.54 Å². The lowest BCUT2D eigenvalue weighted by Crippen LogP contribution is -2.11. The van der Waals surface area contributed by atoms with Crippen LogP contribution in [0.2, 0.25) is 0 Å². The molecule has 0 unspecified atom stereocenters. The van der Waals surface area contributed by atoms with Crippen molar-refractivity contribution in [2.75, 3.05) is 7.05 Å². The molecule has 106 valence electrons. The van der Waals surface area contributed by atoms with Crippen molar-refractivity contribution < 1.29 is 13.2 Å². The molecule has 2 rings (SSSR count). The highest BCUT2D eigenvalue weighted by molar-refractivity contribution is 7.89. The van der Waals surface area contributed by atoms with E-state index in [0.29, 0.717) is 11.5 Å². The molecule has 0 aliphatic carbocycles. The average molecular weight is 292 g/mol. The van der Waals surface area contributed by atoms with Crippen LogP contribution in [-0.2, 0) is 16.6 Å². The van der Waals surface area contributed by atoms with Crippen molar-refractivity contribution in [1.29, 1.82) is 0 Å². The number of nitrogens with two attached hydrogens (primary N) is 1. The molecule has 3 N–H and O–H groups in total. The monoisotopic (exact) mass is 292 g/mol. The van der Waals surface area contributed by atoms with E-state index in [2.05, 4.69) is 5.32 Å². The van der Waals surface area contributed by atoms with Crippen LogP contribution in [0.15, 0.2) is 53.4 Å². The minimum atomic E-state index is -3.67. The van der Waals surface area contributed by atoms with Gasteiger partial charge in [-0.1, -0.05) is 12.1 Å². The maximum Gasteiger partial charge on any atom is 0.238 e. The van der Waals surface area contributed by atoms with Gasteiger partial charge >= 0.3 is 0 Å². The Morgan fingerprint density at radius 1 is 1.10 bits per heavy atom. The van der Waals surface area contributed by atoms with E-state index in [9.17, 15) is 8.42 Å². The van der Waals surface area contributed by atoms with Gasteiger partial charge in [0.25, 0.3) is 0 Å². The quantitative estimate of drug-likeness (QED) is 0.881. The SMILES string of the molecule is CNCc1cccc(Oc2ccc(S(N)(=O)=O)cc2)c1. The zero-order valence-electron chi connectivity index (χ0n) is 11.0. The fourth-order valence-corrected chi connectivity index (χ4v) is 2.27. The Hall–Kier alpha value is -1.89. The van der Waals surface area contributed by atoms with Crippen molar-refractivity contribution in [3.05, 3.63) is 54.1 Å². The first-order valence-electron chi connectivity index (χ1n) is 6.03. The van der Waals surface area contributed by atoms with E-state index in [1.807, 2.05) is 31.3 Å². The smallest absolute Gasteiger partial charge is 0.238 e. The van der Waals surface area contributed by atoms with E-state index >= 15 is 0 Å². The second-order valence-electron chi connectivity index (χ2n) is 4.30. The summed E-state index contributed by atoms with van der Waals surface area (Å²) in [6, 6.07) is 13.6. The third-order valence-corrected chi connectivity index (χ3v) is 3.60. The van der Waals surface area contributed by atoms with Gasteiger partial charge < -0.3 is 10.1 Å². The Morgan fingerprint density at radius 2 is 1.80 bits per heavy atom. The highest BCUT2D eigenvalue weighted by Gasteiger charge is 2.07. The van der Waals surface area contributed by atoms with E-state index in [0.717, 1.165) is 12.1 Å². The summed E-state index contributed by atoms with van der Waals surface area (Å²) in [7, 11) is -1.80. The topological polar surface area (TPSA) is 81.4 Å². The predicted octanol–water partition coefficient (Wildman–Crippen LogP) is 1.85. The Balaban J connectivity index is 2.16. The van der Waals surface area contributed by atoms with E-state index in [1.165, 1.54) is 12.1 Å². The van der Waals surface area contributed by atoms with Gasteiger partial charge in [-0.25, -0.2) is 13.6 Å². The lowest BCUT2D eigenvalue weighted by atomic mass is 10.2. The molecule has 0 amide bonds. The van der Waals surface area contributed by atoms with Crippen LogP contribution in [-0.4, -0.2) is 15.5 Å². The molecule has 20 heavy (non-hydrogen) atoms. The summed E-state index contributed by atoms with van der Waals surface area (Å²) in [6.07, 6.45) is 0. The summed E-state index contributed by atoms with van der Waals surface area (Å²) in [5.41, 5.74) is 1.10. The molecule has 0 fully saturated rings. The van der Waals surface area contributed by atoms with Crippen molar-refractivity contribution in [3.8, 4) is 11.5 Å². The normalized spacial score (nSPS) is 11.3. The molecule has 0 aliphatic rings. The van der Waals surface area contributed by atoms with Crippen LogP contribution in [0, 0.1) is 0 Å². The van der Waals surface area contributed by atoms with Gasteiger partial charge in [0.05, 0.1) is 4.90 Å². The highest BCUT2D eigenvalue weighted by atomic mass is 32.2. The summed E-state index contributed by atoms with van der Waals surface area (Å²) in [5.74, 6) is 1.25. The Morgan fingerprint density at radius 3 is 2.40 bits per heavy atom. The molecular formula is C14H16N2O3S. The molecule has 0 radical (unpaired) electrons. The molecule has 2 aromatic rings. The van der Waals surface area contributed by atoms with Crippen LogP contribution in [0.5, 0.6) is 11.5 Å². The Labute approximate surface area is 118 Å². The zero-order valence-corrected chi connectivity index (χ0v) is 11.9. The van der Waals surface area contributed by atoms with Crippen LogP contribution in [0.1, 0.15) is 5.56 Å². The summed E-state index contributed by atoms with van der Waals surface area (Å²) in [6.45, 7) is 0.752. The number of benzene rings is 2. The number of rotatable bonds is 5. The first kappa shape index (κ1) is 14.5. The predicted molar refractivity (Wildman–Crippen MR) is 77.1 cm³/mol. The molecule has 0 spiro atoms. The van der Waals surface area contributed by atoms with E-state index in [-0.39, 0.29) is 4.90 Å². The molecule has 2 aromatic carbocycles. The molecule has 0 atom stereocenters. The van der Waals surface area contributed by atoms with Gasteiger partial charge in [0.1, 0.15) is 11.5 Å². The van der Waals surface area contributed by atoms with Crippen molar-refractivity contribution >= 4 is 10.0 Å². The third-order valence-electron chi connectivity index (χ3n) is 2.67. The average Bonchev–Trinajstić information content (AvgIpc) is 2.39. The van der Waals surface area contributed by atoms with E-state index < -0.39 is 10.0 Å². The van der Waals surface area contributed by atoms with E-state index in [1.54, 1.807) is 12.1 Å². The van der Waals surface area contributed by atoms with Crippen LogP contribution in [0.25, 0.3) is 0 Å². The number of sulfonamides is 1. The van der Waals surface area contributed by atoms with Crippen molar-refractivity contribution in [3.63, 3.8) is 0 Å². The first-order chi connectivity index (χ1) is 9.49. The zero-order chi connectivity index (χ0) is 14.6. The van der Waals surface area contributed by atoms with Crippen LogP contribution < -0.4 is 15.2 Å². The molecule has 5 nitrogen and oxygen atoms in total. The number of hydrogen-bond donors (Lipinski definition) is 2. The summed E-state index contributed by atoms with van der Waals surface area (Å²) < 4.78 is 28.0. The number of hydrogen-bond acceptors (Lipinski definition) is 4. The van der Waals surface area contributed by atoms with Crippen molar-refractivity contribution in [1.82, 2.24) is 5.32 Å². The molecule has 6 heteroatoms. The Kier molecular flexibility index (Phi) is 4.39. The molecule has 0 heterocycles. The number of nitrogens with one attached hydrogen (secondary N) is 1. The second kappa shape index (κ2) is 6.04. The fourth-order valence-electron chi connectivity index (χ4n) is 1.76. The lowest BCUT2D eigenvalue weighted by Gasteiger charge is -2.08. The third kappa shape index (κ3) is 3.80. The summed E-state index contributed by atoms with van der Waals surface area (Å²) in [4.78, 5) is 0.0637. The van der Waals surface area contributed by atoms with Gasteiger partial charge in [-0.2, -0.15) is 0 Å². The van der Waals surface area contributed by atoms with Gasteiger partial charge in [0.15, 0.2) is 0 Å². The lowest BCUT2D eigenvalue weighted by molar-refractivity contribution is 0.481. The maximum absolute atomic E-state index is 11.1. The second-order valence-corrected chi connectivity index (χ2v) is 5.86. The number of primary sulfonamides is 1. The maximum atomic E-state index is 11.1. The van der Waals surface area contributed by atoms with Gasteiger partial charge in [-0.3, -0.25) is 0 Å². The van der Waals surface area contributed by atoms with Crippen molar-refractivity contribution in [2.24, 2.45) is 5.14 Å². The first-order valence-corrected chi connectivity index (χ1v) is 7.58. The number of ether oxygens (including phenoxy) is 1. The van der Waals surface area contributed by atoms with Gasteiger partial charge in [-0.05, 0) is 49.0 Å². The standard InChI is InChI=1S/C14H16N2O3S/c1-16-10-11-3-2-4-13(9-11)19-12-5-7-14(8-6-12)20(15,17)18/h2-9,16H,10H2,1H3,(H2,15,17,18). The Bertz CT molecular complexity index is 682. The molecule has 0 aliphatic heterocycles. The summed E-state index contributed by atoms with van der Waals surface area (Å²) in [5, 5.41) is 8.10. The molecular weight excluding hydrogens is 276 g/mol. The van der Waals surface area contributed by atoms with Gasteiger partial charge in [0.2, 0.25) is 10.0 Å². The van der Waals surface area contributed by atoms with Gasteiger partial charge in [-0.15, -0.1) is 0 Å². The molecule has 0 saturated heterocycles. The fraction of sp³-hybridized carbons (Fsp3) is 0.143. The highest BCUT2D eigenvalue weighted by Crippen LogP contribution is 2.23. The minimum absolute atomic E-state index is 0.0637. The minimum Gasteiger partial charge on any atom is -0.457 e. The largest absolute Gasteiger partial charge is 0.457 e. The van der Waals surface area contributed by atoms with E-state index in [4.69, 9.17) is 9.88 Å². The molecule has 0 aromatic heterocycles. The van der Waals surface area contributed by atoms with Crippen LogP contribution in [0.4, 0.5) is 0 Å².